The molecule has 140 valence electrons. The lowest BCUT2D eigenvalue weighted by molar-refractivity contribution is -0.167. The number of benzene rings is 2. The molecule has 0 amide bonds. The van der Waals surface area contributed by atoms with Crippen LogP contribution in [0, 0.1) is 6.92 Å². The van der Waals surface area contributed by atoms with Gasteiger partial charge in [-0.2, -0.15) is 0 Å². The fraction of sp³-hybridized carbons (Fsp3) is 0.381. The predicted octanol–water partition coefficient (Wildman–Crippen LogP) is 3.29. The second-order valence-electron chi connectivity index (χ2n) is 6.65. The average Bonchev–Trinajstić information content (AvgIpc) is 3.10. The minimum Gasteiger partial charge on any atom is -0.458 e. The highest BCUT2D eigenvalue weighted by atomic mass is 35.5. The van der Waals surface area contributed by atoms with Crippen molar-refractivity contribution in [1.29, 1.82) is 0 Å². The summed E-state index contributed by atoms with van der Waals surface area (Å²) in [6.07, 6.45) is 0.631. The van der Waals surface area contributed by atoms with Gasteiger partial charge in [0.15, 0.2) is 0 Å². The molecule has 2 atom stereocenters. The largest absolute Gasteiger partial charge is 0.458 e. The zero-order chi connectivity index (χ0) is 17.9. The van der Waals surface area contributed by atoms with E-state index in [9.17, 15) is 9.90 Å². The minimum atomic E-state index is -1.80. The Morgan fingerprint density at radius 3 is 2.35 bits per heavy atom. The Balaban J connectivity index is 0.00000243. The fourth-order valence-electron chi connectivity index (χ4n) is 3.29. The number of ether oxygens (including phenoxy) is 1. The van der Waals surface area contributed by atoms with Crippen molar-refractivity contribution >= 4 is 18.4 Å². The van der Waals surface area contributed by atoms with Crippen LogP contribution in [0.1, 0.15) is 30.0 Å². The molecule has 1 aliphatic heterocycles. The van der Waals surface area contributed by atoms with Gasteiger partial charge in [-0.3, -0.25) is 4.90 Å². The van der Waals surface area contributed by atoms with Crippen LogP contribution >= 0.6 is 12.4 Å². The summed E-state index contributed by atoms with van der Waals surface area (Å²) in [4.78, 5) is 15.3. The summed E-state index contributed by atoms with van der Waals surface area (Å²) in [5.41, 5.74) is 0.324. The number of hydrogen-bond acceptors (Lipinski definition) is 4. The van der Waals surface area contributed by atoms with Gasteiger partial charge in [-0.25, -0.2) is 4.79 Å². The lowest BCUT2D eigenvalue weighted by Gasteiger charge is -2.28. The smallest absolute Gasteiger partial charge is 0.348 e. The van der Waals surface area contributed by atoms with E-state index in [1.807, 2.05) is 37.3 Å². The topological polar surface area (TPSA) is 49.8 Å². The van der Waals surface area contributed by atoms with Gasteiger partial charge in [0.05, 0.1) is 0 Å². The van der Waals surface area contributed by atoms with Gasteiger partial charge in [0, 0.05) is 13.1 Å². The molecule has 1 aliphatic rings. The number of likely N-dealkylation sites (N-methyl/N-ethyl adjacent to an activating group) is 1. The maximum absolute atomic E-state index is 13.0. The van der Waals surface area contributed by atoms with Crippen LogP contribution in [-0.4, -0.2) is 41.7 Å². The molecule has 1 N–H and O–H groups in total. The number of nitrogens with zero attached hydrogens (tertiary/aromatic N) is 1. The Morgan fingerprint density at radius 2 is 1.77 bits per heavy atom. The van der Waals surface area contributed by atoms with E-state index in [1.165, 1.54) is 0 Å². The molecule has 26 heavy (non-hydrogen) atoms. The Kier molecular flexibility index (Phi) is 6.81. The van der Waals surface area contributed by atoms with E-state index >= 15 is 0 Å². The number of halogens is 1. The molecule has 5 heteroatoms. The molecule has 0 saturated carbocycles. The molecule has 0 aromatic heterocycles. The highest BCUT2D eigenvalue weighted by molar-refractivity contribution is 5.86. The van der Waals surface area contributed by atoms with Crippen LogP contribution in [0.25, 0.3) is 0 Å². The van der Waals surface area contributed by atoms with E-state index in [2.05, 4.69) is 11.8 Å². The van der Waals surface area contributed by atoms with Crippen LogP contribution in [0.3, 0.4) is 0 Å². The quantitative estimate of drug-likeness (QED) is 0.815. The van der Waals surface area contributed by atoms with E-state index in [-0.39, 0.29) is 18.5 Å². The average molecular weight is 376 g/mol. The van der Waals surface area contributed by atoms with Gasteiger partial charge in [-0.1, -0.05) is 67.1 Å². The molecule has 3 rings (SSSR count). The van der Waals surface area contributed by atoms with E-state index in [1.54, 1.807) is 24.3 Å². The van der Waals surface area contributed by atoms with Gasteiger partial charge in [-0.05, 0) is 31.0 Å². The summed E-state index contributed by atoms with van der Waals surface area (Å²) in [6.45, 7) is 6.65. The van der Waals surface area contributed by atoms with Crippen molar-refractivity contribution in [2.24, 2.45) is 0 Å². The number of rotatable bonds is 5. The van der Waals surface area contributed by atoms with Gasteiger partial charge < -0.3 is 9.84 Å². The molecule has 2 aromatic rings. The van der Waals surface area contributed by atoms with Crippen molar-refractivity contribution in [2.75, 3.05) is 19.6 Å². The van der Waals surface area contributed by atoms with Gasteiger partial charge in [-0.15, -0.1) is 12.4 Å². The summed E-state index contributed by atoms with van der Waals surface area (Å²) >= 11 is 0. The third kappa shape index (κ3) is 4.09. The zero-order valence-electron chi connectivity index (χ0n) is 15.2. The van der Waals surface area contributed by atoms with Crippen molar-refractivity contribution in [2.45, 2.75) is 32.0 Å². The summed E-state index contributed by atoms with van der Waals surface area (Å²) in [5.74, 6) is -0.606. The molecule has 0 radical (unpaired) electrons. The maximum Gasteiger partial charge on any atom is 0.348 e. The third-order valence-corrected chi connectivity index (χ3v) is 4.91. The molecule has 2 unspecified atom stereocenters. The number of aryl methyl sites for hydroxylation is 1. The standard InChI is InChI=1S/C21H25NO3.ClH/c1-3-22-14-13-19(15-22)25-20(23)21(24,17-7-5-4-6-8-17)18-11-9-16(2)10-12-18;/h4-12,19,24H,3,13-15H2,1-2H3;1H. The molecule has 1 fully saturated rings. The van der Waals surface area contributed by atoms with Crippen molar-refractivity contribution in [3.05, 3.63) is 71.3 Å². The molecule has 4 nitrogen and oxygen atoms in total. The molecule has 1 heterocycles. The molecule has 1 saturated heterocycles. The first-order valence-corrected chi connectivity index (χ1v) is 8.82. The summed E-state index contributed by atoms with van der Waals surface area (Å²) in [6, 6.07) is 16.4. The van der Waals surface area contributed by atoms with Crippen LogP contribution in [-0.2, 0) is 15.1 Å². The second kappa shape index (κ2) is 8.67. The second-order valence-corrected chi connectivity index (χ2v) is 6.65. The number of carbonyl (C=O) groups excluding carboxylic acids is 1. The van der Waals surface area contributed by atoms with Crippen LogP contribution in [0.4, 0.5) is 0 Å². The van der Waals surface area contributed by atoms with Gasteiger partial charge >= 0.3 is 5.97 Å². The van der Waals surface area contributed by atoms with Crippen LogP contribution < -0.4 is 0 Å². The molecule has 0 spiro atoms. The van der Waals surface area contributed by atoms with Crippen molar-refractivity contribution in [3.63, 3.8) is 0 Å². The Morgan fingerprint density at radius 1 is 1.15 bits per heavy atom. The normalized spacial score (nSPS) is 19.4. The summed E-state index contributed by atoms with van der Waals surface area (Å²) < 4.78 is 5.72. The van der Waals surface area contributed by atoms with Crippen LogP contribution in [0.2, 0.25) is 0 Å². The molecular formula is C21H26ClNO3. The first kappa shape index (κ1) is 20.4. The number of hydrogen-bond donors (Lipinski definition) is 1. The van der Waals surface area contributed by atoms with Crippen LogP contribution in [0.5, 0.6) is 0 Å². The monoisotopic (exact) mass is 375 g/mol. The molecule has 0 bridgehead atoms. The number of likely N-dealkylation sites (tertiary alicyclic amines) is 1. The highest BCUT2D eigenvalue weighted by Crippen LogP contribution is 2.32. The van der Waals surface area contributed by atoms with Gasteiger partial charge in [0.1, 0.15) is 6.10 Å². The van der Waals surface area contributed by atoms with E-state index < -0.39 is 11.6 Å². The fourth-order valence-corrected chi connectivity index (χ4v) is 3.29. The number of esters is 1. The Labute approximate surface area is 161 Å². The predicted molar refractivity (Wildman–Crippen MR) is 104 cm³/mol. The van der Waals surface area contributed by atoms with Gasteiger partial charge in [0.2, 0.25) is 5.60 Å². The lowest BCUT2D eigenvalue weighted by atomic mass is 9.86. The molecular weight excluding hydrogens is 350 g/mol. The van der Waals surface area contributed by atoms with Gasteiger partial charge in [0.25, 0.3) is 0 Å². The van der Waals surface area contributed by atoms with Crippen molar-refractivity contribution < 1.29 is 14.6 Å². The van der Waals surface area contributed by atoms with Crippen molar-refractivity contribution in [1.82, 2.24) is 4.90 Å². The minimum absolute atomic E-state index is 0. The van der Waals surface area contributed by atoms with Crippen molar-refractivity contribution in [3.8, 4) is 0 Å². The van der Waals surface area contributed by atoms with E-state index in [4.69, 9.17) is 4.74 Å². The lowest BCUT2D eigenvalue weighted by Crippen LogP contribution is -2.41. The molecule has 0 aliphatic carbocycles. The third-order valence-electron chi connectivity index (χ3n) is 4.91. The summed E-state index contributed by atoms with van der Waals surface area (Å²) in [7, 11) is 0. The molecule has 2 aromatic carbocycles. The Hall–Kier alpha value is -1.88. The maximum atomic E-state index is 13.0. The number of carbonyl (C=O) groups is 1. The van der Waals surface area contributed by atoms with Crippen LogP contribution in [0.15, 0.2) is 54.6 Å². The van der Waals surface area contributed by atoms with E-state index in [0.29, 0.717) is 11.1 Å². The first-order chi connectivity index (χ1) is 12.0. The Bertz CT molecular complexity index is 720. The number of aliphatic hydroxyl groups is 1. The SMILES string of the molecule is CCN1CCC(OC(=O)C(O)(c2ccccc2)c2ccc(C)cc2)C1.Cl. The summed E-state index contributed by atoms with van der Waals surface area (Å²) in [5, 5.41) is 11.4. The first-order valence-electron chi connectivity index (χ1n) is 8.82. The van der Waals surface area contributed by atoms with E-state index in [0.717, 1.165) is 31.6 Å². The zero-order valence-corrected chi connectivity index (χ0v) is 16.0. The highest BCUT2D eigenvalue weighted by Gasteiger charge is 2.43.